The van der Waals surface area contributed by atoms with Crippen molar-refractivity contribution in [3.8, 4) is 0 Å². The first kappa shape index (κ1) is 16.4. The third kappa shape index (κ3) is 4.30. The smallest absolute Gasteiger partial charge is 0 e. The summed E-state index contributed by atoms with van der Waals surface area (Å²) in [6.45, 7) is 7.81. The number of rotatable bonds is 2. The van der Waals surface area contributed by atoms with Gasteiger partial charge in [-0.15, -0.1) is 5.56 Å². The summed E-state index contributed by atoms with van der Waals surface area (Å²) in [5, 5.41) is 0. The molecular formula is C13H16Y2-2. The van der Waals surface area contributed by atoms with E-state index in [9.17, 15) is 0 Å². The largest absolute Gasteiger partial charge is 0.365 e. The molecule has 15 heavy (non-hydrogen) atoms. The molecule has 0 spiro atoms. The Bertz CT molecular complexity index is 273. The number of benzene rings is 1. The fraction of sp³-hybridized carbons (Fsp3) is 0.385. The van der Waals surface area contributed by atoms with Crippen LogP contribution in [0.3, 0.4) is 0 Å². The van der Waals surface area contributed by atoms with Crippen LogP contribution in [0.1, 0.15) is 42.2 Å². The SMILES string of the molecule is [CH2-]C([CH2-])c1ccc(C2CCC2)cc1.[Y].[Y]. The molecular weight excluding hydrogens is 334 g/mol. The van der Waals surface area contributed by atoms with Gasteiger partial charge in [-0.3, -0.25) is 5.92 Å². The maximum Gasteiger partial charge on any atom is 0 e. The Balaban J connectivity index is 0.000000980. The average molecular weight is 350 g/mol. The van der Waals surface area contributed by atoms with E-state index in [1.54, 1.807) is 0 Å². The molecule has 0 N–H and O–H groups in total. The van der Waals surface area contributed by atoms with Crippen molar-refractivity contribution in [1.82, 2.24) is 0 Å². The summed E-state index contributed by atoms with van der Waals surface area (Å²) in [5.74, 6) is 0.998. The summed E-state index contributed by atoms with van der Waals surface area (Å²) in [7, 11) is 0. The second kappa shape index (κ2) is 7.70. The van der Waals surface area contributed by atoms with Crippen molar-refractivity contribution in [2.24, 2.45) is 0 Å². The summed E-state index contributed by atoms with van der Waals surface area (Å²) in [6, 6.07) is 8.81. The second-order valence-electron chi connectivity index (χ2n) is 3.99. The van der Waals surface area contributed by atoms with Crippen LogP contribution in [0.25, 0.3) is 0 Å². The van der Waals surface area contributed by atoms with Gasteiger partial charge in [0.05, 0.1) is 0 Å². The van der Waals surface area contributed by atoms with Gasteiger partial charge in [0.15, 0.2) is 0 Å². The molecule has 2 radical (unpaired) electrons. The summed E-state index contributed by atoms with van der Waals surface area (Å²) in [4.78, 5) is 0. The normalized spacial score (nSPS) is 15.1. The maximum absolute atomic E-state index is 3.91. The van der Waals surface area contributed by atoms with Crippen molar-refractivity contribution < 1.29 is 65.4 Å². The molecule has 1 aromatic rings. The van der Waals surface area contributed by atoms with Crippen LogP contribution in [0.4, 0.5) is 0 Å². The molecule has 76 valence electrons. The molecule has 1 aromatic carbocycles. The zero-order valence-corrected chi connectivity index (χ0v) is 14.8. The molecule has 0 amide bonds. The van der Waals surface area contributed by atoms with Crippen LogP contribution in [0.5, 0.6) is 0 Å². The molecule has 2 heteroatoms. The monoisotopic (exact) mass is 350 g/mol. The van der Waals surface area contributed by atoms with Crippen LogP contribution in [-0.2, 0) is 65.4 Å². The minimum absolute atomic E-state index is 0. The zero-order valence-electron chi connectivity index (χ0n) is 9.15. The van der Waals surface area contributed by atoms with Gasteiger partial charge in [0.1, 0.15) is 0 Å². The van der Waals surface area contributed by atoms with Crippen LogP contribution in [0, 0.1) is 13.8 Å². The first-order chi connectivity index (χ1) is 6.27. The minimum Gasteiger partial charge on any atom is -0.365 e. The molecule has 0 nitrogen and oxygen atoms in total. The van der Waals surface area contributed by atoms with E-state index in [1.165, 1.54) is 30.4 Å². The number of hydrogen-bond donors (Lipinski definition) is 0. The standard InChI is InChI=1S/C13H16.2Y/c1-10(2)11-6-8-13(9-7-11)12-4-3-5-12;;/h6-10,12H,1-5H2;;/q-2;;. The minimum atomic E-state index is 0. The van der Waals surface area contributed by atoms with Gasteiger partial charge in [-0.1, -0.05) is 30.7 Å². The Hall–Kier alpha value is 1.43. The van der Waals surface area contributed by atoms with Gasteiger partial charge in [-0.2, -0.15) is 0 Å². The molecule has 0 unspecified atom stereocenters. The average Bonchev–Trinajstić information content (AvgIpc) is 2.02. The van der Waals surface area contributed by atoms with E-state index in [4.69, 9.17) is 0 Å². The Morgan fingerprint density at radius 2 is 1.53 bits per heavy atom. The summed E-state index contributed by atoms with van der Waals surface area (Å²) < 4.78 is 0. The van der Waals surface area contributed by atoms with Crippen LogP contribution in [-0.4, -0.2) is 0 Å². The predicted molar refractivity (Wildman–Crippen MR) is 56.5 cm³/mol. The van der Waals surface area contributed by atoms with Gasteiger partial charge in [0, 0.05) is 65.4 Å². The Morgan fingerprint density at radius 3 is 1.87 bits per heavy atom. The van der Waals surface area contributed by atoms with Gasteiger partial charge in [0.25, 0.3) is 0 Å². The van der Waals surface area contributed by atoms with Crippen molar-refractivity contribution in [3.63, 3.8) is 0 Å². The number of hydrogen-bond acceptors (Lipinski definition) is 0. The van der Waals surface area contributed by atoms with Gasteiger partial charge in [-0.05, 0) is 24.3 Å². The van der Waals surface area contributed by atoms with E-state index in [-0.39, 0.29) is 71.3 Å². The molecule has 0 aromatic heterocycles. The Kier molecular flexibility index (Phi) is 8.43. The Morgan fingerprint density at radius 1 is 1.00 bits per heavy atom. The van der Waals surface area contributed by atoms with Crippen LogP contribution >= 0.6 is 0 Å². The van der Waals surface area contributed by atoms with Crippen molar-refractivity contribution in [1.29, 1.82) is 0 Å². The van der Waals surface area contributed by atoms with Crippen molar-refractivity contribution >= 4 is 0 Å². The molecule has 1 aliphatic carbocycles. The molecule has 1 aliphatic rings. The third-order valence-electron chi connectivity index (χ3n) is 2.98. The quantitative estimate of drug-likeness (QED) is 0.714. The second-order valence-corrected chi connectivity index (χ2v) is 3.99. The molecule has 0 aliphatic heterocycles. The van der Waals surface area contributed by atoms with Gasteiger partial charge >= 0.3 is 0 Å². The van der Waals surface area contributed by atoms with E-state index in [0.29, 0.717) is 0 Å². The van der Waals surface area contributed by atoms with E-state index in [2.05, 4.69) is 38.1 Å². The molecule has 0 heterocycles. The van der Waals surface area contributed by atoms with Gasteiger partial charge < -0.3 is 13.8 Å². The van der Waals surface area contributed by atoms with Crippen LogP contribution < -0.4 is 0 Å². The molecule has 0 atom stereocenters. The summed E-state index contributed by atoms with van der Waals surface area (Å²) >= 11 is 0. The maximum atomic E-state index is 3.91. The fourth-order valence-electron chi connectivity index (χ4n) is 1.78. The van der Waals surface area contributed by atoms with E-state index in [1.807, 2.05) is 0 Å². The van der Waals surface area contributed by atoms with Crippen LogP contribution in [0.2, 0.25) is 0 Å². The topological polar surface area (TPSA) is 0 Å². The first-order valence-electron chi connectivity index (χ1n) is 5.03. The van der Waals surface area contributed by atoms with Crippen molar-refractivity contribution in [3.05, 3.63) is 49.2 Å². The van der Waals surface area contributed by atoms with Crippen molar-refractivity contribution in [2.75, 3.05) is 0 Å². The van der Waals surface area contributed by atoms with Crippen LogP contribution in [0.15, 0.2) is 24.3 Å². The molecule has 1 saturated carbocycles. The summed E-state index contributed by atoms with van der Waals surface area (Å²) in [6.07, 6.45) is 4.15. The molecule has 0 saturated heterocycles. The van der Waals surface area contributed by atoms with Crippen molar-refractivity contribution in [2.45, 2.75) is 31.1 Å². The molecule has 0 bridgehead atoms. The molecule has 2 rings (SSSR count). The van der Waals surface area contributed by atoms with E-state index >= 15 is 0 Å². The first-order valence-corrected chi connectivity index (χ1v) is 5.03. The van der Waals surface area contributed by atoms with Gasteiger partial charge in [0.2, 0.25) is 0 Å². The Labute approximate surface area is 144 Å². The molecule has 1 fully saturated rings. The fourth-order valence-corrected chi connectivity index (χ4v) is 1.78. The van der Waals surface area contributed by atoms with E-state index in [0.717, 1.165) is 5.92 Å². The van der Waals surface area contributed by atoms with Gasteiger partial charge in [-0.25, -0.2) is 0 Å². The van der Waals surface area contributed by atoms with E-state index < -0.39 is 0 Å². The summed E-state index contributed by atoms with van der Waals surface area (Å²) in [5.41, 5.74) is 2.73. The third-order valence-corrected chi connectivity index (χ3v) is 2.98. The zero-order chi connectivity index (χ0) is 9.26. The predicted octanol–water partition coefficient (Wildman–Crippen LogP) is 3.70.